The lowest BCUT2D eigenvalue weighted by Gasteiger charge is -2.28. The number of carbonyl (C=O) groups excluding carboxylic acids is 2. The Kier molecular flexibility index (Phi) is 10.5. The molecule has 4 aliphatic rings. The van der Waals surface area contributed by atoms with Crippen molar-refractivity contribution in [3.8, 4) is 17.0 Å². The van der Waals surface area contributed by atoms with Gasteiger partial charge in [-0.05, 0) is 92.7 Å². The predicted molar refractivity (Wildman–Crippen MR) is 205 cm³/mol. The molecule has 7 rings (SSSR count). The zero-order chi connectivity index (χ0) is 36.8. The van der Waals surface area contributed by atoms with E-state index >= 15 is 4.79 Å². The minimum Gasteiger partial charge on any atom is -0.497 e. The van der Waals surface area contributed by atoms with Crippen LogP contribution in [-0.2, 0) is 21.5 Å². The number of aromatic nitrogens is 1. The number of nitrogens with one attached hydrogen (secondary N) is 1. The van der Waals surface area contributed by atoms with E-state index in [1.54, 1.807) is 13.2 Å². The van der Waals surface area contributed by atoms with Crippen molar-refractivity contribution in [3.05, 3.63) is 53.1 Å². The summed E-state index contributed by atoms with van der Waals surface area (Å²) in [6, 6.07) is 11.9. The Bertz CT molecular complexity index is 1930. The fraction of sp³-hybridized carbons (Fsp3) is 0.600. The van der Waals surface area contributed by atoms with E-state index in [0.717, 1.165) is 109 Å². The zero-order valence-corrected chi connectivity index (χ0v) is 32.4. The Labute approximate surface area is 309 Å². The summed E-state index contributed by atoms with van der Waals surface area (Å²) < 4.78 is 36.6. The van der Waals surface area contributed by atoms with Crippen molar-refractivity contribution in [3.63, 3.8) is 0 Å². The van der Waals surface area contributed by atoms with Gasteiger partial charge >= 0.3 is 10.2 Å². The Balaban J connectivity index is 1.31. The summed E-state index contributed by atoms with van der Waals surface area (Å²) in [5, 5.41) is 1.08. The van der Waals surface area contributed by atoms with Crippen LogP contribution in [0.4, 0.5) is 0 Å². The first-order valence-electron chi connectivity index (χ1n) is 19.3. The Morgan fingerprint density at radius 2 is 1.73 bits per heavy atom. The van der Waals surface area contributed by atoms with Gasteiger partial charge in [0.05, 0.1) is 18.2 Å². The molecule has 3 fully saturated rings. The molecule has 0 radical (unpaired) electrons. The van der Waals surface area contributed by atoms with E-state index < -0.39 is 21.5 Å². The van der Waals surface area contributed by atoms with Crippen molar-refractivity contribution in [1.82, 2.24) is 28.3 Å². The molecule has 3 heterocycles. The van der Waals surface area contributed by atoms with Crippen LogP contribution in [0.3, 0.4) is 0 Å². The van der Waals surface area contributed by atoms with Gasteiger partial charge in [-0.3, -0.25) is 9.59 Å². The fourth-order valence-corrected chi connectivity index (χ4v) is 9.76. The van der Waals surface area contributed by atoms with Gasteiger partial charge in [0, 0.05) is 81.3 Å². The molecule has 0 bridgehead atoms. The Morgan fingerprint density at radius 3 is 2.44 bits per heavy atom. The van der Waals surface area contributed by atoms with E-state index in [-0.39, 0.29) is 17.4 Å². The maximum atomic E-state index is 15.0. The van der Waals surface area contributed by atoms with Crippen LogP contribution < -0.4 is 9.46 Å². The molecule has 52 heavy (non-hydrogen) atoms. The maximum absolute atomic E-state index is 15.0. The Hall–Kier alpha value is -3.45. The number of amides is 2. The predicted octanol–water partition coefficient (Wildman–Crippen LogP) is 5.26. The number of benzene rings is 2. The number of hydrogen-bond donors (Lipinski definition) is 1. The average molecular weight is 733 g/mol. The average Bonchev–Trinajstić information content (AvgIpc) is 3.87. The normalized spacial score (nSPS) is 22.4. The molecule has 2 atom stereocenters. The zero-order valence-electron chi connectivity index (χ0n) is 31.6. The van der Waals surface area contributed by atoms with Crippen molar-refractivity contribution >= 4 is 32.9 Å². The van der Waals surface area contributed by atoms with E-state index in [9.17, 15) is 13.2 Å². The highest BCUT2D eigenvalue weighted by Gasteiger charge is 2.63. The summed E-state index contributed by atoms with van der Waals surface area (Å²) in [6.07, 6.45) is 7.45. The molecule has 12 heteroatoms. The molecular formula is C40H56N6O5S. The number of fused-ring (bicyclic) bond motifs is 7. The van der Waals surface area contributed by atoms with Gasteiger partial charge in [-0.2, -0.15) is 12.7 Å². The molecule has 1 aromatic heterocycles. The molecule has 0 spiro atoms. The minimum absolute atomic E-state index is 0.0537. The molecule has 2 aromatic carbocycles. The van der Waals surface area contributed by atoms with Gasteiger partial charge in [0.1, 0.15) is 5.75 Å². The minimum atomic E-state index is -3.97. The van der Waals surface area contributed by atoms with Crippen molar-refractivity contribution in [2.45, 2.75) is 77.2 Å². The summed E-state index contributed by atoms with van der Waals surface area (Å²) in [6.45, 7) is 12.4. The van der Waals surface area contributed by atoms with Gasteiger partial charge in [0.2, 0.25) is 5.91 Å². The van der Waals surface area contributed by atoms with Gasteiger partial charge in [-0.1, -0.05) is 39.2 Å². The summed E-state index contributed by atoms with van der Waals surface area (Å²) >= 11 is 0. The SMILES string of the molecule is CCN(CC)CCN1CCCN(C(=O)C23CC2c2cc(OC)ccc2-c2c(C4CCCCC4)c4ccc(C(=O)NS(=O)(=O)N(C)C)cc4n2C3)CC1. The van der Waals surface area contributed by atoms with Crippen LogP contribution in [0.5, 0.6) is 5.75 Å². The number of likely N-dealkylation sites (N-methyl/N-ethyl adjacent to an activating group) is 1. The van der Waals surface area contributed by atoms with Crippen LogP contribution in [0, 0.1) is 5.41 Å². The second-order valence-electron chi connectivity index (χ2n) is 15.5. The molecule has 2 aliphatic heterocycles. The van der Waals surface area contributed by atoms with E-state index in [1.165, 1.54) is 38.9 Å². The largest absolute Gasteiger partial charge is 0.497 e. The molecule has 2 saturated carbocycles. The third kappa shape index (κ3) is 6.76. The summed E-state index contributed by atoms with van der Waals surface area (Å²) in [4.78, 5) is 35.6. The van der Waals surface area contributed by atoms with Crippen LogP contribution in [0.15, 0.2) is 36.4 Å². The van der Waals surface area contributed by atoms with E-state index in [0.29, 0.717) is 19.0 Å². The highest BCUT2D eigenvalue weighted by atomic mass is 32.2. The van der Waals surface area contributed by atoms with Crippen LogP contribution >= 0.6 is 0 Å². The van der Waals surface area contributed by atoms with Crippen LogP contribution in [-0.4, -0.2) is 117 Å². The first kappa shape index (κ1) is 36.9. The van der Waals surface area contributed by atoms with Crippen molar-refractivity contribution in [2.24, 2.45) is 5.41 Å². The topological polar surface area (TPSA) is 107 Å². The van der Waals surface area contributed by atoms with Gasteiger partial charge in [0.15, 0.2) is 0 Å². The molecule has 2 amide bonds. The molecule has 282 valence electrons. The molecule has 11 nitrogen and oxygen atoms in total. The first-order valence-corrected chi connectivity index (χ1v) is 20.8. The molecule has 2 unspecified atom stereocenters. The second-order valence-corrected chi connectivity index (χ2v) is 17.4. The van der Waals surface area contributed by atoms with E-state index in [1.807, 2.05) is 18.2 Å². The monoisotopic (exact) mass is 732 g/mol. The number of carbonyl (C=O) groups is 2. The number of hydrogen-bond acceptors (Lipinski definition) is 7. The fourth-order valence-electron chi connectivity index (χ4n) is 9.22. The first-order chi connectivity index (χ1) is 25.0. The standard InChI is InChI=1S/C40H56N6O5S/c1-6-43(7-2)20-21-44-18-11-19-45(23-22-44)39(48)40-26-34(40)33-25-30(51-5)15-17-31(33)37-36(28-12-9-8-10-13-28)32-16-14-29(24-35(32)46(37)27-40)38(47)41-52(49,50)42(3)4/h14-17,24-25,28,34H,6-13,18-23,26-27H2,1-5H3,(H,41,47). The smallest absolute Gasteiger partial charge is 0.303 e. The molecule has 2 aliphatic carbocycles. The summed E-state index contributed by atoms with van der Waals surface area (Å²) in [5.74, 6) is 0.741. The number of nitrogens with zero attached hydrogens (tertiary/aromatic N) is 5. The summed E-state index contributed by atoms with van der Waals surface area (Å²) in [7, 11) is 0.508. The lowest BCUT2D eigenvalue weighted by molar-refractivity contribution is -0.137. The highest BCUT2D eigenvalue weighted by molar-refractivity contribution is 7.87. The number of methoxy groups -OCH3 is 1. The van der Waals surface area contributed by atoms with Gasteiger partial charge < -0.3 is 24.0 Å². The van der Waals surface area contributed by atoms with Crippen LogP contribution in [0.1, 0.15) is 92.1 Å². The van der Waals surface area contributed by atoms with Gasteiger partial charge in [0.25, 0.3) is 5.91 Å². The quantitative estimate of drug-likeness (QED) is 0.287. The lowest BCUT2D eigenvalue weighted by atomic mass is 9.81. The van der Waals surface area contributed by atoms with E-state index in [2.05, 4.69) is 50.0 Å². The van der Waals surface area contributed by atoms with Crippen LogP contribution in [0.2, 0.25) is 0 Å². The van der Waals surface area contributed by atoms with Crippen LogP contribution in [0.25, 0.3) is 22.2 Å². The second kappa shape index (κ2) is 14.8. The van der Waals surface area contributed by atoms with Gasteiger partial charge in [-0.25, -0.2) is 4.72 Å². The highest BCUT2D eigenvalue weighted by Crippen LogP contribution is 2.66. The Morgan fingerprint density at radius 1 is 0.962 bits per heavy atom. The molecule has 1 N–H and O–H groups in total. The van der Waals surface area contributed by atoms with Crippen molar-refractivity contribution < 1.29 is 22.7 Å². The van der Waals surface area contributed by atoms with Crippen molar-refractivity contribution in [1.29, 1.82) is 0 Å². The third-order valence-corrected chi connectivity index (χ3v) is 13.8. The molecule has 1 saturated heterocycles. The maximum Gasteiger partial charge on any atom is 0.303 e. The molecular weight excluding hydrogens is 677 g/mol. The number of ether oxygens (including phenoxy) is 1. The number of rotatable bonds is 11. The molecule has 3 aromatic rings. The van der Waals surface area contributed by atoms with E-state index in [4.69, 9.17) is 4.74 Å². The third-order valence-electron chi connectivity index (χ3n) is 12.4. The summed E-state index contributed by atoms with van der Waals surface area (Å²) in [5.41, 5.74) is 5.26. The van der Waals surface area contributed by atoms with Crippen molar-refractivity contribution in [2.75, 3.05) is 73.6 Å². The van der Waals surface area contributed by atoms with Gasteiger partial charge in [-0.15, -0.1) is 0 Å². The lowest BCUT2D eigenvalue weighted by Crippen LogP contribution is -2.42.